The molecule has 8 nitrogen and oxygen atoms in total. The van der Waals surface area contributed by atoms with E-state index < -0.39 is 11.9 Å². The van der Waals surface area contributed by atoms with Gasteiger partial charge in [-0.3, -0.25) is 9.59 Å². The van der Waals surface area contributed by atoms with Crippen LogP contribution in [0.25, 0.3) is 10.9 Å². The number of carbonyl (C=O) groups is 1. The summed E-state index contributed by atoms with van der Waals surface area (Å²) in [5.74, 6) is 0.972. The lowest BCUT2D eigenvalue weighted by atomic mass is 9.85. The van der Waals surface area contributed by atoms with Gasteiger partial charge in [0.05, 0.1) is 34.9 Å². The monoisotopic (exact) mass is 411 g/mol. The predicted molar refractivity (Wildman–Crippen MR) is 109 cm³/mol. The first kappa shape index (κ1) is 19.6. The summed E-state index contributed by atoms with van der Waals surface area (Å²) in [6.07, 6.45) is -0.0165. The lowest BCUT2D eigenvalue weighted by Crippen LogP contribution is -2.26. The number of aromatic nitrogens is 1. The highest BCUT2D eigenvalue weighted by Gasteiger charge is 2.36. The van der Waals surface area contributed by atoms with Gasteiger partial charge in [0, 0.05) is 34.0 Å². The fraction of sp³-hybridized carbons (Fsp3) is 0.273. The molecule has 0 fully saturated rings. The first-order chi connectivity index (χ1) is 14.5. The van der Waals surface area contributed by atoms with Gasteiger partial charge in [-0.15, -0.1) is 0 Å². The van der Waals surface area contributed by atoms with Crippen LogP contribution in [0.15, 0.2) is 35.1 Å². The van der Waals surface area contributed by atoms with Gasteiger partial charge in [0.15, 0.2) is 11.5 Å². The van der Waals surface area contributed by atoms with E-state index in [1.165, 1.54) is 21.3 Å². The van der Waals surface area contributed by atoms with Crippen LogP contribution >= 0.6 is 0 Å². The number of fused-ring (bicyclic) bond motifs is 2. The lowest BCUT2D eigenvalue weighted by molar-refractivity contribution is -0.135. The minimum atomic E-state index is -0.588. The van der Waals surface area contributed by atoms with Crippen molar-refractivity contribution in [2.45, 2.75) is 12.3 Å². The molecule has 30 heavy (non-hydrogen) atoms. The van der Waals surface area contributed by atoms with E-state index in [0.29, 0.717) is 39.6 Å². The molecule has 2 heterocycles. The van der Waals surface area contributed by atoms with Crippen LogP contribution in [-0.2, 0) is 4.79 Å². The standard InChI is InChI=1S/C22H21NO7/c1-26-12-5-6-15-11(7-12)8-14(22(25)23-15)13-9-18(24)30-16-10-17(27-2)20(28-3)21(29-4)19(13)16/h5-8,10,13H,9H2,1-4H3,(H,23,25). The Hall–Kier alpha value is -3.68. The average molecular weight is 411 g/mol. The second kappa shape index (κ2) is 7.62. The fourth-order valence-electron chi connectivity index (χ4n) is 3.86. The van der Waals surface area contributed by atoms with Gasteiger partial charge in [0.2, 0.25) is 5.75 Å². The summed E-state index contributed by atoms with van der Waals surface area (Å²) in [6.45, 7) is 0. The molecule has 0 spiro atoms. The Morgan fingerprint density at radius 1 is 0.933 bits per heavy atom. The minimum absolute atomic E-state index is 0.0165. The second-order valence-corrected chi connectivity index (χ2v) is 6.79. The number of hydrogen-bond donors (Lipinski definition) is 1. The van der Waals surface area contributed by atoms with E-state index in [9.17, 15) is 9.59 Å². The molecule has 1 N–H and O–H groups in total. The van der Waals surface area contributed by atoms with E-state index in [4.69, 9.17) is 23.7 Å². The number of carbonyl (C=O) groups excluding carboxylic acids is 1. The van der Waals surface area contributed by atoms with Crippen molar-refractivity contribution in [2.24, 2.45) is 0 Å². The zero-order valence-electron chi connectivity index (χ0n) is 17.0. The molecule has 1 unspecified atom stereocenters. The van der Waals surface area contributed by atoms with Crippen molar-refractivity contribution in [3.8, 4) is 28.7 Å². The Morgan fingerprint density at radius 3 is 2.37 bits per heavy atom. The van der Waals surface area contributed by atoms with Crippen molar-refractivity contribution in [2.75, 3.05) is 28.4 Å². The van der Waals surface area contributed by atoms with Crippen LogP contribution in [0.2, 0.25) is 0 Å². The lowest BCUT2D eigenvalue weighted by Gasteiger charge is -2.28. The van der Waals surface area contributed by atoms with Gasteiger partial charge in [-0.25, -0.2) is 0 Å². The van der Waals surface area contributed by atoms with Gasteiger partial charge < -0.3 is 28.7 Å². The highest BCUT2D eigenvalue weighted by Crippen LogP contribution is 2.52. The van der Waals surface area contributed by atoms with Crippen molar-refractivity contribution >= 4 is 16.9 Å². The number of pyridine rings is 1. The highest BCUT2D eigenvalue weighted by molar-refractivity contribution is 5.83. The maximum atomic E-state index is 12.9. The van der Waals surface area contributed by atoms with Crippen molar-refractivity contribution in [3.05, 3.63) is 51.8 Å². The Kier molecular flexibility index (Phi) is 4.99. The molecule has 1 aromatic heterocycles. The Balaban J connectivity index is 1.98. The summed E-state index contributed by atoms with van der Waals surface area (Å²) >= 11 is 0. The minimum Gasteiger partial charge on any atom is -0.497 e. The summed E-state index contributed by atoms with van der Waals surface area (Å²) < 4.78 is 27.2. The molecule has 1 aliphatic heterocycles. The normalized spacial score (nSPS) is 15.3. The van der Waals surface area contributed by atoms with Gasteiger partial charge in [0.1, 0.15) is 11.5 Å². The maximum absolute atomic E-state index is 12.9. The molecule has 0 bridgehead atoms. The third kappa shape index (κ3) is 3.10. The molecule has 1 aliphatic rings. The summed E-state index contributed by atoms with van der Waals surface area (Å²) in [7, 11) is 6.03. The Labute approximate surface area is 172 Å². The number of methoxy groups -OCH3 is 4. The first-order valence-corrected chi connectivity index (χ1v) is 9.25. The smallest absolute Gasteiger partial charge is 0.312 e. The predicted octanol–water partition coefficient (Wildman–Crippen LogP) is 3.00. The van der Waals surface area contributed by atoms with E-state index in [2.05, 4.69) is 4.98 Å². The van der Waals surface area contributed by atoms with Gasteiger partial charge >= 0.3 is 5.97 Å². The molecular formula is C22H21NO7. The van der Waals surface area contributed by atoms with Crippen LogP contribution in [0.1, 0.15) is 23.5 Å². The molecule has 8 heteroatoms. The molecule has 156 valence electrons. The summed E-state index contributed by atoms with van der Waals surface area (Å²) in [5.41, 5.74) is 1.35. The van der Waals surface area contributed by atoms with Crippen molar-refractivity contribution in [3.63, 3.8) is 0 Å². The average Bonchev–Trinajstić information content (AvgIpc) is 2.76. The number of aromatic amines is 1. The quantitative estimate of drug-likeness (QED) is 0.509. The zero-order valence-corrected chi connectivity index (χ0v) is 17.0. The summed E-state index contributed by atoms with van der Waals surface area (Å²) in [5, 5.41) is 0.781. The van der Waals surface area contributed by atoms with E-state index >= 15 is 0 Å². The molecule has 0 aliphatic carbocycles. The fourth-order valence-corrected chi connectivity index (χ4v) is 3.86. The topological polar surface area (TPSA) is 96.1 Å². The van der Waals surface area contributed by atoms with Crippen molar-refractivity contribution in [1.82, 2.24) is 4.98 Å². The molecule has 3 aromatic rings. The number of hydrogen-bond acceptors (Lipinski definition) is 7. The first-order valence-electron chi connectivity index (χ1n) is 9.25. The van der Waals surface area contributed by atoms with Crippen molar-refractivity contribution in [1.29, 1.82) is 0 Å². The van der Waals surface area contributed by atoms with Crippen LogP contribution in [0, 0.1) is 0 Å². The highest BCUT2D eigenvalue weighted by atomic mass is 16.5. The molecule has 0 saturated heterocycles. The van der Waals surface area contributed by atoms with E-state index in [1.54, 1.807) is 31.4 Å². The summed E-state index contributed by atoms with van der Waals surface area (Å²) in [4.78, 5) is 28.2. The van der Waals surface area contributed by atoms with Crippen LogP contribution in [-0.4, -0.2) is 39.4 Å². The molecular weight excluding hydrogens is 390 g/mol. The SMILES string of the molecule is COc1ccc2[nH]c(=O)c(C3CC(=O)Oc4cc(OC)c(OC)c(OC)c43)cc2c1. The number of benzene rings is 2. The third-order valence-corrected chi connectivity index (χ3v) is 5.23. The molecule has 2 aromatic carbocycles. The number of esters is 1. The third-order valence-electron chi connectivity index (χ3n) is 5.23. The van der Waals surface area contributed by atoms with Gasteiger partial charge in [0.25, 0.3) is 5.56 Å². The van der Waals surface area contributed by atoms with Crippen LogP contribution in [0.3, 0.4) is 0 Å². The van der Waals surface area contributed by atoms with E-state index in [1.807, 2.05) is 6.07 Å². The van der Waals surface area contributed by atoms with Gasteiger partial charge in [-0.1, -0.05) is 0 Å². The zero-order chi connectivity index (χ0) is 21.4. The Morgan fingerprint density at radius 2 is 1.70 bits per heavy atom. The van der Waals surface area contributed by atoms with E-state index in [-0.39, 0.29) is 17.7 Å². The molecule has 4 rings (SSSR count). The Bertz CT molecular complexity index is 1200. The van der Waals surface area contributed by atoms with E-state index in [0.717, 1.165) is 5.39 Å². The van der Waals surface area contributed by atoms with Crippen LogP contribution in [0.4, 0.5) is 0 Å². The van der Waals surface area contributed by atoms with Crippen molar-refractivity contribution < 1.29 is 28.5 Å². The maximum Gasteiger partial charge on any atom is 0.312 e. The number of rotatable bonds is 5. The summed E-state index contributed by atoms with van der Waals surface area (Å²) in [6, 6.07) is 8.70. The molecule has 0 radical (unpaired) electrons. The molecule has 0 saturated carbocycles. The second-order valence-electron chi connectivity index (χ2n) is 6.79. The molecule has 1 atom stereocenters. The largest absolute Gasteiger partial charge is 0.497 e. The molecule has 0 amide bonds. The van der Waals surface area contributed by atoms with Gasteiger partial charge in [-0.05, 0) is 24.3 Å². The number of nitrogens with one attached hydrogen (secondary N) is 1. The van der Waals surface area contributed by atoms with Crippen LogP contribution in [0.5, 0.6) is 28.7 Å². The number of ether oxygens (including phenoxy) is 5. The van der Waals surface area contributed by atoms with Gasteiger partial charge in [-0.2, -0.15) is 0 Å². The van der Waals surface area contributed by atoms with Crippen LogP contribution < -0.4 is 29.2 Å². The number of H-pyrrole nitrogens is 1.